The van der Waals surface area contributed by atoms with Gasteiger partial charge in [-0.1, -0.05) is 171 Å². The van der Waals surface area contributed by atoms with Gasteiger partial charge in [-0.15, -0.1) is 0 Å². The first-order valence-electron chi connectivity index (χ1n) is 13.0. The molecule has 0 unspecified atom stereocenters. The van der Waals surface area contributed by atoms with Gasteiger partial charge < -0.3 is 0 Å². The molecule has 5 rings (SSSR count). The Labute approximate surface area is 241 Å². The van der Waals surface area contributed by atoms with E-state index in [1.807, 2.05) is 97.9 Å². The van der Waals surface area contributed by atoms with Crippen LogP contribution in [0.2, 0.25) is 0 Å². The summed E-state index contributed by atoms with van der Waals surface area (Å²) in [4.78, 5) is 15.4. The highest BCUT2D eigenvalue weighted by molar-refractivity contribution is 7.83. The zero-order valence-corrected chi connectivity index (χ0v) is 23.3. The molecule has 3 heteroatoms. The van der Waals surface area contributed by atoms with Crippen molar-refractivity contribution in [1.82, 2.24) is 0 Å². The van der Waals surface area contributed by atoms with Crippen LogP contribution in [-0.4, -0.2) is 15.5 Å². The molecule has 39 heavy (non-hydrogen) atoms. The molecule has 0 saturated heterocycles. The lowest BCUT2D eigenvalue weighted by atomic mass is 9.69. The molecular formula is C36H28OS2. The van der Waals surface area contributed by atoms with Crippen LogP contribution in [0.5, 0.6) is 0 Å². The molecule has 5 aromatic rings. The first-order valence-corrected chi connectivity index (χ1v) is 13.9. The highest BCUT2D eigenvalue weighted by Gasteiger charge is 2.46. The second kappa shape index (κ2) is 11.8. The number of carbonyl (C=O) groups is 1. The van der Waals surface area contributed by atoms with Crippen LogP contribution >= 0.6 is 24.4 Å². The Morgan fingerprint density at radius 1 is 0.487 bits per heavy atom. The summed E-state index contributed by atoms with van der Waals surface area (Å²) in [6.07, 6.45) is 0.458. The summed E-state index contributed by atoms with van der Waals surface area (Å²) in [5, 5.41) is 0. The van der Waals surface area contributed by atoms with Gasteiger partial charge in [0.25, 0.3) is 0 Å². The van der Waals surface area contributed by atoms with Crippen molar-refractivity contribution in [3.8, 4) is 22.3 Å². The summed E-state index contributed by atoms with van der Waals surface area (Å²) in [5.74, 6) is -0.0696. The molecule has 0 heterocycles. The fourth-order valence-electron chi connectivity index (χ4n) is 5.01. The number of benzene rings is 5. The molecule has 0 fully saturated rings. The first kappa shape index (κ1) is 26.6. The summed E-state index contributed by atoms with van der Waals surface area (Å²) in [6.45, 7) is 2.00. The van der Waals surface area contributed by atoms with Crippen LogP contribution in [0.15, 0.2) is 140 Å². The standard InChI is InChI=1S/C36H28OS2/c1-2-36(33(37)30-16-10-5-11-17-30,34(38)31-22-18-28(19-23-31)26-12-6-3-7-13-26)35(39)32-24-20-29(21-25-32)27-14-8-4-9-15-27/h3-25H,2H2,1H3. The minimum absolute atomic E-state index is 0.0696. The average Bonchev–Trinajstić information content (AvgIpc) is 3.03. The first-order chi connectivity index (χ1) is 19.0. The smallest absolute Gasteiger partial charge is 0.179 e. The number of ketones is 1. The van der Waals surface area contributed by atoms with Gasteiger partial charge in [0.2, 0.25) is 0 Å². The van der Waals surface area contributed by atoms with Gasteiger partial charge in [0.1, 0.15) is 5.41 Å². The SMILES string of the molecule is CCC(C(=O)c1ccccc1)(C(=S)c1ccc(-c2ccccc2)cc1)C(=S)c1ccc(-c2ccccc2)cc1. The highest BCUT2D eigenvalue weighted by Crippen LogP contribution is 2.38. The Balaban J connectivity index is 1.56. The Hall–Kier alpha value is -4.05. The number of rotatable bonds is 9. The van der Waals surface area contributed by atoms with Crippen LogP contribution in [-0.2, 0) is 0 Å². The van der Waals surface area contributed by atoms with Crippen molar-refractivity contribution in [2.75, 3.05) is 0 Å². The molecule has 0 spiro atoms. The molecule has 0 bridgehead atoms. The quantitative estimate of drug-likeness (QED) is 0.137. The van der Waals surface area contributed by atoms with E-state index in [4.69, 9.17) is 24.4 Å². The van der Waals surface area contributed by atoms with E-state index >= 15 is 0 Å². The van der Waals surface area contributed by atoms with Gasteiger partial charge in [0.05, 0.1) is 0 Å². The topological polar surface area (TPSA) is 17.1 Å². The van der Waals surface area contributed by atoms with Gasteiger partial charge in [-0.3, -0.25) is 4.79 Å². The number of carbonyl (C=O) groups excluding carboxylic acids is 1. The molecule has 0 amide bonds. The van der Waals surface area contributed by atoms with E-state index in [1.54, 1.807) is 0 Å². The van der Waals surface area contributed by atoms with Crippen LogP contribution in [0.1, 0.15) is 34.8 Å². The van der Waals surface area contributed by atoms with E-state index in [2.05, 4.69) is 48.5 Å². The fraction of sp³-hybridized carbons (Fsp3) is 0.0833. The lowest BCUT2D eigenvalue weighted by molar-refractivity contribution is 0.0923. The lowest BCUT2D eigenvalue weighted by Crippen LogP contribution is -2.45. The predicted octanol–water partition coefficient (Wildman–Crippen LogP) is 9.44. The molecular weight excluding hydrogens is 513 g/mol. The van der Waals surface area contributed by atoms with Crippen LogP contribution in [0.25, 0.3) is 22.3 Å². The van der Waals surface area contributed by atoms with E-state index in [0.29, 0.717) is 21.7 Å². The summed E-state index contributed by atoms with van der Waals surface area (Å²) in [6, 6.07) is 46.0. The Morgan fingerprint density at radius 2 is 0.821 bits per heavy atom. The molecule has 0 N–H and O–H groups in total. The summed E-state index contributed by atoms with van der Waals surface area (Å²) in [7, 11) is 0. The average molecular weight is 541 g/mol. The van der Waals surface area contributed by atoms with Crippen LogP contribution in [0.4, 0.5) is 0 Å². The van der Waals surface area contributed by atoms with Gasteiger partial charge in [-0.2, -0.15) is 0 Å². The molecule has 1 nitrogen and oxygen atoms in total. The Kier molecular flexibility index (Phi) is 8.02. The van der Waals surface area contributed by atoms with Crippen molar-refractivity contribution in [3.05, 3.63) is 156 Å². The summed E-state index contributed by atoms with van der Waals surface area (Å²) >= 11 is 12.3. The van der Waals surface area contributed by atoms with Crippen molar-refractivity contribution in [3.63, 3.8) is 0 Å². The third kappa shape index (κ3) is 5.29. The predicted molar refractivity (Wildman–Crippen MR) is 171 cm³/mol. The van der Waals surface area contributed by atoms with Gasteiger partial charge in [-0.25, -0.2) is 0 Å². The largest absolute Gasteiger partial charge is 0.293 e. The van der Waals surface area contributed by atoms with Crippen molar-refractivity contribution in [2.45, 2.75) is 13.3 Å². The summed E-state index contributed by atoms with van der Waals surface area (Å²) < 4.78 is 0. The zero-order valence-electron chi connectivity index (χ0n) is 21.7. The minimum Gasteiger partial charge on any atom is -0.293 e. The maximum Gasteiger partial charge on any atom is 0.179 e. The fourth-order valence-corrected chi connectivity index (χ4v) is 6.02. The van der Waals surface area contributed by atoms with Crippen LogP contribution < -0.4 is 0 Å². The number of hydrogen-bond donors (Lipinski definition) is 0. The normalized spacial score (nSPS) is 11.1. The molecule has 0 atom stereocenters. The number of Topliss-reactive ketones (excluding diaryl/α,β-unsaturated/α-hetero) is 1. The van der Waals surface area contributed by atoms with E-state index < -0.39 is 5.41 Å². The highest BCUT2D eigenvalue weighted by atomic mass is 32.1. The van der Waals surface area contributed by atoms with E-state index in [1.165, 1.54) is 0 Å². The zero-order chi connectivity index (χ0) is 27.2. The second-order valence-electron chi connectivity index (χ2n) is 9.50. The molecule has 0 aromatic heterocycles. The molecule has 0 aliphatic carbocycles. The Morgan fingerprint density at radius 3 is 1.18 bits per heavy atom. The van der Waals surface area contributed by atoms with Crippen LogP contribution in [0, 0.1) is 5.41 Å². The van der Waals surface area contributed by atoms with Gasteiger partial charge in [-0.05, 0) is 39.8 Å². The second-order valence-corrected chi connectivity index (χ2v) is 10.3. The van der Waals surface area contributed by atoms with Gasteiger partial charge in [0.15, 0.2) is 5.78 Å². The van der Waals surface area contributed by atoms with Crippen molar-refractivity contribution < 1.29 is 4.79 Å². The molecule has 190 valence electrons. The molecule has 0 radical (unpaired) electrons. The molecule has 0 aliphatic rings. The monoisotopic (exact) mass is 540 g/mol. The maximum atomic E-state index is 14.3. The third-order valence-corrected chi connectivity index (χ3v) is 8.41. The molecule has 0 aliphatic heterocycles. The van der Waals surface area contributed by atoms with Crippen LogP contribution in [0.3, 0.4) is 0 Å². The van der Waals surface area contributed by atoms with Crippen molar-refractivity contribution in [2.24, 2.45) is 5.41 Å². The van der Waals surface area contributed by atoms with Gasteiger partial charge >= 0.3 is 0 Å². The molecule has 5 aromatic carbocycles. The number of thiocarbonyl (C=S) groups is 2. The van der Waals surface area contributed by atoms with Crippen molar-refractivity contribution in [1.29, 1.82) is 0 Å². The lowest BCUT2D eigenvalue weighted by Gasteiger charge is -2.34. The molecule has 0 saturated carbocycles. The van der Waals surface area contributed by atoms with E-state index in [9.17, 15) is 4.79 Å². The van der Waals surface area contributed by atoms with E-state index in [0.717, 1.165) is 33.4 Å². The van der Waals surface area contributed by atoms with Crippen molar-refractivity contribution >= 4 is 39.9 Å². The minimum atomic E-state index is -1.14. The summed E-state index contributed by atoms with van der Waals surface area (Å²) in [5.41, 5.74) is 5.57. The van der Waals surface area contributed by atoms with E-state index in [-0.39, 0.29) is 5.78 Å². The maximum absolute atomic E-state index is 14.3. The number of hydrogen-bond acceptors (Lipinski definition) is 3. The van der Waals surface area contributed by atoms with Gasteiger partial charge in [0, 0.05) is 15.3 Å². The third-order valence-electron chi connectivity index (χ3n) is 7.24. The Bertz CT molecular complexity index is 1490.